The molecule has 1 aromatic carbocycles. The number of aryl methyl sites for hydroxylation is 1. The van der Waals surface area contributed by atoms with Crippen LogP contribution in [-0.2, 0) is 14.2 Å². The fourth-order valence-electron chi connectivity index (χ4n) is 2.79. The Kier molecular flexibility index (Phi) is 8.01. The third-order valence-electron chi connectivity index (χ3n) is 4.07. The highest BCUT2D eigenvalue weighted by Gasteiger charge is 2.24. The maximum Gasteiger partial charge on any atom is 0.193 e. The molecule has 1 aromatic rings. The summed E-state index contributed by atoms with van der Waals surface area (Å²) in [5, 5.41) is 3.36. The number of guanidine groups is 1. The molecule has 0 bridgehead atoms. The van der Waals surface area contributed by atoms with E-state index in [2.05, 4.69) is 46.4 Å². The molecule has 6 heteroatoms. The Balaban J connectivity index is 1.84. The highest BCUT2D eigenvalue weighted by Crippen LogP contribution is 2.24. The molecule has 1 aliphatic rings. The van der Waals surface area contributed by atoms with Crippen LogP contribution in [0.4, 0.5) is 0 Å². The second-order valence-corrected chi connectivity index (χ2v) is 5.74. The molecule has 0 amide bonds. The van der Waals surface area contributed by atoms with Gasteiger partial charge in [-0.15, -0.1) is 0 Å². The Morgan fingerprint density at radius 2 is 2.17 bits per heavy atom. The molecular weight excluding hydrogens is 306 g/mol. The van der Waals surface area contributed by atoms with Crippen molar-refractivity contribution in [1.82, 2.24) is 10.2 Å². The summed E-state index contributed by atoms with van der Waals surface area (Å²) in [4.78, 5) is 6.64. The van der Waals surface area contributed by atoms with E-state index >= 15 is 0 Å². The Morgan fingerprint density at radius 3 is 2.92 bits per heavy atom. The highest BCUT2D eigenvalue weighted by molar-refractivity contribution is 5.80. The molecule has 1 fully saturated rings. The predicted molar refractivity (Wildman–Crippen MR) is 95.5 cm³/mol. The van der Waals surface area contributed by atoms with Crippen molar-refractivity contribution in [2.45, 2.75) is 13.0 Å². The second kappa shape index (κ2) is 10.3. The van der Waals surface area contributed by atoms with Crippen LogP contribution in [0.3, 0.4) is 0 Å². The van der Waals surface area contributed by atoms with Gasteiger partial charge in [0.25, 0.3) is 0 Å². The zero-order chi connectivity index (χ0) is 17.2. The van der Waals surface area contributed by atoms with Crippen molar-refractivity contribution in [2.75, 3.05) is 60.2 Å². The van der Waals surface area contributed by atoms with Crippen LogP contribution in [0.15, 0.2) is 29.3 Å². The van der Waals surface area contributed by atoms with E-state index in [9.17, 15) is 0 Å². The highest BCUT2D eigenvalue weighted by atomic mass is 16.5. The maximum absolute atomic E-state index is 5.98. The van der Waals surface area contributed by atoms with Gasteiger partial charge in [-0.1, -0.05) is 24.3 Å². The second-order valence-electron chi connectivity index (χ2n) is 5.74. The van der Waals surface area contributed by atoms with Crippen LogP contribution in [0.2, 0.25) is 0 Å². The maximum atomic E-state index is 5.98. The van der Waals surface area contributed by atoms with Crippen LogP contribution in [0.5, 0.6) is 0 Å². The van der Waals surface area contributed by atoms with Gasteiger partial charge < -0.3 is 24.4 Å². The lowest BCUT2D eigenvalue weighted by Crippen LogP contribution is -2.48. The number of morpholine rings is 1. The van der Waals surface area contributed by atoms with Gasteiger partial charge in [-0.25, -0.2) is 0 Å². The van der Waals surface area contributed by atoms with Crippen molar-refractivity contribution >= 4 is 5.96 Å². The van der Waals surface area contributed by atoms with Crippen LogP contribution in [0, 0.1) is 6.92 Å². The number of ether oxygens (including phenoxy) is 3. The molecule has 1 saturated heterocycles. The van der Waals surface area contributed by atoms with Crippen LogP contribution in [0.25, 0.3) is 0 Å². The summed E-state index contributed by atoms with van der Waals surface area (Å²) in [6.07, 6.45) is 0.0800. The average Bonchev–Trinajstić information content (AvgIpc) is 2.62. The molecule has 6 nitrogen and oxygen atoms in total. The van der Waals surface area contributed by atoms with Gasteiger partial charge in [0, 0.05) is 27.2 Å². The lowest BCUT2D eigenvalue weighted by atomic mass is 10.0. The van der Waals surface area contributed by atoms with E-state index in [4.69, 9.17) is 14.2 Å². The molecule has 0 saturated carbocycles. The molecule has 24 heavy (non-hydrogen) atoms. The SMILES string of the molecule is CN=C(NCCOCCOC)N1CCOC(c2ccccc2C)C1. The normalized spacial score (nSPS) is 18.7. The van der Waals surface area contributed by atoms with E-state index < -0.39 is 0 Å². The Labute approximate surface area is 144 Å². The van der Waals surface area contributed by atoms with Crippen LogP contribution < -0.4 is 5.32 Å². The third-order valence-corrected chi connectivity index (χ3v) is 4.07. The first-order valence-electron chi connectivity index (χ1n) is 8.45. The Morgan fingerprint density at radius 1 is 1.33 bits per heavy atom. The summed E-state index contributed by atoms with van der Waals surface area (Å²) < 4.78 is 16.4. The van der Waals surface area contributed by atoms with Crippen LogP contribution >= 0.6 is 0 Å². The van der Waals surface area contributed by atoms with Crippen molar-refractivity contribution in [1.29, 1.82) is 0 Å². The van der Waals surface area contributed by atoms with E-state index in [1.807, 2.05) is 7.05 Å². The summed E-state index contributed by atoms with van der Waals surface area (Å²) in [5.74, 6) is 0.896. The topological polar surface area (TPSA) is 55.3 Å². The van der Waals surface area contributed by atoms with Crippen molar-refractivity contribution in [3.63, 3.8) is 0 Å². The number of hydrogen-bond acceptors (Lipinski definition) is 4. The number of nitrogens with zero attached hydrogens (tertiary/aromatic N) is 2. The Bertz CT molecular complexity index is 522. The first kappa shape index (κ1) is 18.7. The first-order chi connectivity index (χ1) is 11.8. The monoisotopic (exact) mass is 335 g/mol. The fraction of sp³-hybridized carbons (Fsp3) is 0.611. The smallest absolute Gasteiger partial charge is 0.193 e. The van der Waals surface area contributed by atoms with Gasteiger partial charge in [0.15, 0.2) is 5.96 Å². The van der Waals surface area contributed by atoms with Crippen LogP contribution in [0.1, 0.15) is 17.2 Å². The minimum Gasteiger partial charge on any atom is -0.382 e. The van der Waals surface area contributed by atoms with Crippen molar-refractivity contribution < 1.29 is 14.2 Å². The standard InChI is InChI=1S/C18H29N3O3/c1-15-6-4-5-7-16(15)17-14-21(9-11-24-17)18(19-2)20-8-10-23-13-12-22-3/h4-7,17H,8-14H2,1-3H3,(H,19,20). The minimum atomic E-state index is 0.0800. The summed E-state index contributed by atoms with van der Waals surface area (Å²) in [6, 6.07) is 8.39. The summed E-state index contributed by atoms with van der Waals surface area (Å²) in [7, 11) is 3.49. The molecule has 1 aliphatic heterocycles. The van der Waals surface area contributed by atoms with Crippen LogP contribution in [-0.4, -0.2) is 71.1 Å². The van der Waals surface area contributed by atoms with Gasteiger partial charge >= 0.3 is 0 Å². The molecule has 1 unspecified atom stereocenters. The average molecular weight is 335 g/mol. The van der Waals surface area contributed by atoms with Crippen molar-refractivity contribution in [3.8, 4) is 0 Å². The molecule has 1 atom stereocenters. The molecule has 0 aliphatic carbocycles. The van der Waals surface area contributed by atoms with E-state index in [0.717, 1.165) is 25.6 Å². The van der Waals surface area contributed by atoms with Gasteiger partial charge in [0.2, 0.25) is 0 Å². The van der Waals surface area contributed by atoms with E-state index in [1.54, 1.807) is 7.11 Å². The first-order valence-corrected chi connectivity index (χ1v) is 8.45. The van der Waals surface area contributed by atoms with Crippen molar-refractivity contribution in [3.05, 3.63) is 35.4 Å². The largest absolute Gasteiger partial charge is 0.382 e. The molecule has 0 spiro atoms. The molecule has 134 valence electrons. The van der Waals surface area contributed by atoms with Gasteiger partial charge in [-0.05, 0) is 18.1 Å². The predicted octanol–water partition coefficient (Wildman–Crippen LogP) is 1.61. The summed E-state index contributed by atoms with van der Waals surface area (Å²) >= 11 is 0. The molecule has 0 aromatic heterocycles. The quantitative estimate of drug-likeness (QED) is 0.466. The van der Waals surface area contributed by atoms with Gasteiger partial charge in [-0.2, -0.15) is 0 Å². The van der Waals surface area contributed by atoms with Gasteiger partial charge in [0.1, 0.15) is 6.10 Å². The molecule has 2 rings (SSSR count). The molecule has 1 N–H and O–H groups in total. The molecule has 1 heterocycles. The lowest BCUT2D eigenvalue weighted by Gasteiger charge is -2.35. The third kappa shape index (κ3) is 5.47. The minimum absolute atomic E-state index is 0.0800. The molecule has 0 radical (unpaired) electrons. The lowest BCUT2D eigenvalue weighted by molar-refractivity contribution is -0.00848. The fourth-order valence-corrected chi connectivity index (χ4v) is 2.79. The number of benzene rings is 1. The zero-order valence-corrected chi connectivity index (χ0v) is 15.0. The number of rotatable bonds is 7. The van der Waals surface area contributed by atoms with E-state index in [1.165, 1.54) is 11.1 Å². The summed E-state index contributed by atoms with van der Waals surface area (Å²) in [5.41, 5.74) is 2.51. The van der Waals surface area contributed by atoms with Gasteiger partial charge in [0.05, 0.1) is 33.0 Å². The number of aliphatic imine (C=N–C) groups is 1. The van der Waals surface area contributed by atoms with E-state index in [-0.39, 0.29) is 6.10 Å². The Hall–Kier alpha value is -1.63. The van der Waals surface area contributed by atoms with Crippen molar-refractivity contribution in [2.24, 2.45) is 4.99 Å². The van der Waals surface area contributed by atoms with Gasteiger partial charge in [-0.3, -0.25) is 4.99 Å². The summed E-state index contributed by atoms with van der Waals surface area (Å²) in [6.45, 7) is 7.06. The molecular formula is C18H29N3O3. The van der Waals surface area contributed by atoms with E-state index in [0.29, 0.717) is 26.4 Å². The zero-order valence-electron chi connectivity index (χ0n) is 15.0. The number of nitrogens with one attached hydrogen (secondary N) is 1. The number of methoxy groups -OCH3 is 1. The number of hydrogen-bond donors (Lipinski definition) is 1.